The summed E-state index contributed by atoms with van der Waals surface area (Å²) >= 11 is 0. The van der Waals surface area contributed by atoms with Crippen molar-refractivity contribution >= 4 is 0 Å². The van der Waals surface area contributed by atoms with Gasteiger partial charge in [-0.3, -0.25) is 0 Å². The molecule has 3 aliphatic heterocycles. The topological polar surface area (TPSA) is 55.4 Å². The summed E-state index contributed by atoms with van der Waals surface area (Å²) in [7, 11) is 5.16. The minimum atomic E-state index is 0.365. The van der Waals surface area contributed by atoms with Crippen molar-refractivity contribution in [2.75, 3.05) is 61.0 Å². The maximum Gasteiger partial charge on any atom is 0.104 e. The molecule has 0 amide bonds. The Bertz CT molecular complexity index is 219. The van der Waals surface area contributed by atoms with Crippen LogP contribution in [-0.2, 0) is 28.4 Å². The fourth-order valence-corrected chi connectivity index (χ4v) is 1.95. The van der Waals surface area contributed by atoms with E-state index >= 15 is 0 Å². The van der Waals surface area contributed by atoms with Crippen LogP contribution in [0.1, 0.15) is 19.3 Å². The van der Waals surface area contributed by atoms with Crippen LogP contribution in [0.25, 0.3) is 0 Å². The van der Waals surface area contributed by atoms with E-state index in [4.69, 9.17) is 28.4 Å². The van der Waals surface area contributed by atoms with Crippen LogP contribution in [0, 0.1) is 0 Å². The first kappa shape index (κ1) is 18.8. The zero-order chi connectivity index (χ0) is 15.3. The highest BCUT2D eigenvalue weighted by atomic mass is 16.6. The van der Waals surface area contributed by atoms with Crippen LogP contribution in [-0.4, -0.2) is 79.3 Å². The Kier molecular flexibility index (Phi) is 11.0. The van der Waals surface area contributed by atoms with Crippen molar-refractivity contribution in [3.8, 4) is 0 Å². The molecule has 0 bridgehead atoms. The van der Waals surface area contributed by atoms with E-state index in [1.165, 1.54) is 0 Å². The highest BCUT2D eigenvalue weighted by Crippen LogP contribution is 2.07. The Morgan fingerprint density at radius 1 is 0.619 bits per heavy atom. The van der Waals surface area contributed by atoms with Gasteiger partial charge in [0.2, 0.25) is 0 Å². The van der Waals surface area contributed by atoms with Gasteiger partial charge in [0.05, 0.1) is 38.6 Å². The summed E-state index contributed by atoms with van der Waals surface area (Å²) in [5.41, 5.74) is 0. The van der Waals surface area contributed by atoms with Crippen molar-refractivity contribution < 1.29 is 28.4 Å². The normalized spacial score (nSPS) is 28.7. The number of hydrogen-bond donors (Lipinski definition) is 0. The first-order valence-corrected chi connectivity index (χ1v) is 7.61. The second kappa shape index (κ2) is 12.3. The van der Waals surface area contributed by atoms with E-state index in [-0.39, 0.29) is 0 Å². The van der Waals surface area contributed by atoms with Crippen LogP contribution >= 0.6 is 0 Å². The van der Waals surface area contributed by atoms with Gasteiger partial charge in [-0.05, 0) is 19.3 Å². The number of methoxy groups -OCH3 is 3. The summed E-state index contributed by atoms with van der Waals surface area (Å²) in [6, 6.07) is 0. The van der Waals surface area contributed by atoms with Gasteiger partial charge in [-0.15, -0.1) is 0 Å². The van der Waals surface area contributed by atoms with E-state index in [0.717, 1.165) is 58.9 Å². The molecule has 3 aliphatic rings. The maximum absolute atomic E-state index is 5.15. The second-order valence-corrected chi connectivity index (χ2v) is 5.19. The largest absolute Gasteiger partial charge is 0.379 e. The number of rotatable bonds is 3. The Hall–Kier alpha value is -0.240. The third kappa shape index (κ3) is 8.70. The predicted octanol–water partition coefficient (Wildman–Crippen LogP) is 1.27. The molecule has 6 heteroatoms. The first-order valence-electron chi connectivity index (χ1n) is 7.61. The van der Waals surface area contributed by atoms with Crippen LogP contribution in [0.15, 0.2) is 0 Å². The molecule has 0 spiro atoms. The Morgan fingerprint density at radius 3 is 1.38 bits per heavy atom. The summed E-state index contributed by atoms with van der Waals surface area (Å²) in [5, 5.41) is 0. The molecule has 0 N–H and O–H groups in total. The molecular weight excluding hydrogens is 276 g/mol. The first-order chi connectivity index (χ1) is 10.3. The molecule has 0 aliphatic carbocycles. The van der Waals surface area contributed by atoms with E-state index in [0.29, 0.717) is 18.3 Å². The average Bonchev–Trinajstić information content (AvgIpc) is 3.02. The van der Waals surface area contributed by atoms with Crippen LogP contribution in [0.4, 0.5) is 0 Å². The van der Waals surface area contributed by atoms with Crippen molar-refractivity contribution in [3.63, 3.8) is 0 Å². The van der Waals surface area contributed by atoms with E-state index in [9.17, 15) is 0 Å². The molecule has 126 valence electrons. The molecular formula is C15H30O6. The van der Waals surface area contributed by atoms with Gasteiger partial charge in [-0.1, -0.05) is 0 Å². The molecule has 3 heterocycles. The van der Waals surface area contributed by atoms with Gasteiger partial charge in [0.1, 0.15) is 6.10 Å². The maximum atomic E-state index is 5.15. The van der Waals surface area contributed by atoms with Crippen molar-refractivity contribution in [1.29, 1.82) is 0 Å². The monoisotopic (exact) mass is 306 g/mol. The minimum Gasteiger partial charge on any atom is -0.379 e. The van der Waals surface area contributed by atoms with Crippen molar-refractivity contribution in [2.45, 2.75) is 37.6 Å². The zero-order valence-corrected chi connectivity index (χ0v) is 13.5. The molecule has 0 saturated carbocycles. The quantitative estimate of drug-likeness (QED) is 0.782. The van der Waals surface area contributed by atoms with Gasteiger partial charge in [0.25, 0.3) is 0 Å². The fourth-order valence-electron chi connectivity index (χ4n) is 1.95. The molecule has 3 fully saturated rings. The third-order valence-electron chi connectivity index (χ3n) is 3.61. The van der Waals surface area contributed by atoms with E-state index in [2.05, 4.69) is 0 Å². The molecule has 0 aromatic carbocycles. The smallest absolute Gasteiger partial charge is 0.104 e. The van der Waals surface area contributed by atoms with Gasteiger partial charge < -0.3 is 28.4 Å². The molecule has 3 rings (SSSR count). The molecule has 2 atom stereocenters. The Labute approximate surface area is 128 Å². The summed E-state index contributed by atoms with van der Waals surface area (Å²) in [5.74, 6) is 0. The lowest BCUT2D eigenvalue weighted by Gasteiger charge is -2.23. The summed E-state index contributed by atoms with van der Waals surface area (Å²) in [6.45, 7) is 4.94. The third-order valence-corrected chi connectivity index (χ3v) is 3.61. The Balaban J connectivity index is 0.000000159. The summed E-state index contributed by atoms with van der Waals surface area (Å²) in [4.78, 5) is 0. The van der Waals surface area contributed by atoms with Crippen LogP contribution in [0.2, 0.25) is 0 Å². The highest BCUT2D eigenvalue weighted by molar-refractivity contribution is 4.62. The van der Waals surface area contributed by atoms with Crippen LogP contribution in [0.3, 0.4) is 0 Å². The molecule has 0 aromatic heterocycles. The van der Waals surface area contributed by atoms with Crippen molar-refractivity contribution in [3.05, 3.63) is 0 Å². The number of hydrogen-bond acceptors (Lipinski definition) is 6. The fraction of sp³-hybridized carbons (Fsp3) is 1.00. The molecule has 0 aromatic rings. The number of ether oxygens (including phenoxy) is 6. The molecule has 3 saturated heterocycles. The minimum absolute atomic E-state index is 0.365. The lowest BCUT2D eigenvalue weighted by atomic mass is 10.2. The SMILES string of the molecule is COC1CCCOC1.COC1CCOC1.COC1COC1. The van der Waals surface area contributed by atoms with Gasteiger partial charge in [0.15, 0.2) is 0 Å². The average molecular weight is 306 g/mol. The van der Waals surface area contributed by atoms with Gasteiger partial charge in [-0.2, -0.15) is 0 Å². The molecule has 6 nitrogen and oxygen atoms in total. The van der Waals surface area contributed by atoms with E-state index < -0.39 is 0 Å². The lowest BCUT2D eigenvalue weighted by molar-refractivity contribution is -0.113. The van der Waals surface area contributed by atoms with Crippen LogP contribution in [0.5, 0.6) is 0 Å². The highest BCUT2D eigenvalue weighted by Gasteiger charge is 2.15. The second-order valence-electron chi connectivity index (χ2n) is 5.19. The van der Waals surface area contributed by atoms with Crippen molar-refractivity contribution in [1.82, 2.24) is 0 Å². The van der Waals surface area contributed by atoms with Gasteiger partial charge >= 0.3 is 0 Å². The molecule has 21 heavy (non-hydrogen) atoms. The lowest BCUT2D eigenvalue weighted by Crippen LogP contribution is -2.34. The van der Waals surface area contributed by atoms with Crippen LogP contribution < -0.4 is 0 Å². The summed E-state index contributed by atoms with van der Waals surface area (Å²) in [6.07, 6.45) is 4.51. The molecule has 0 radical (unpaired) electrons. The van der Waals surface area contributed by atoms with Gasteiger partial charge in [0, 0.05) is 34.5 Å². The van der Waals surface area contributed by atoms with E-state index in [1.54, 1.807) is 21.3 Å². The van der Waals surface area contributed by atoms with Gasteiger partial charge in [-0.25, -0.2) is 0 Å². The standard InChI is InChI=1S/C6H12O2.C5H10O2.C4H8O2/c1-7-6-3-2-4-8-5-6;1-6-5-2-3-7-4-5;1-5-4-2-6-3-4/h6H,2-5H2,1H3;5H,2-4H2,1H3;4H,2-3H2,1H3. The molecule has 2 unspecified atom stereocenters. The van der Waals surface area contributed by atoms with Crippen molar-refractivity contribution in [2.24, 2.45) is 0 Å². The summed E-state index contributed by atoms with van der Waals surface area (Å²) < 4.78 is 29.9. The van der Waals surface area contributed by atoms with E-state index in [1.807, 2.05) is 0 Å². The predicted molar refractivity (Wildman–Crippen MR) is 78.7 cm³/mol. The Morgan fingerprint density at radius 2 is 1.14 bits per heavy atom. The zero-order valence-electron chi connectivity index (χ0n) is 13.5.